The maximum absolute atomic E-state index is 13.0. The molecule has 3 aliphatic rings. The predicted molar refractivity (Wildman–Crippen MR) is 100.0 cm³/mol. The largest absolute Gasteiger partial charge is 0.306 e. The molecule has 0 saturated heterocycles. The summed E-state index contributed by atoms with van der Waals surface area (Å²) in [4.78, 5) is 21.4. The maximum Gasteiger partial charge on any atom is 0.262 e. The first-order valence-corrected chi connectivity index (χ1v) is 10.6. The zero-order valence-corrected chi connectivity index (χ0v) is 16.1. The monoisotopic (exact) mass is 376 g/mol. The number of nitrogens with zero attached hydrogens (tertiary/aromatic N) is 3. The molecule has 8 heteroatoms. The van der Waals surface area contributed by atoms with E-state index in [1.54, 1.807) is 17.0 Å². The molecule has 140 valence electrons. The van der Waals surface area contributed by atoms with Crippen molar-refractivity contribution < 1.29 is 13.2 Å². The molecule has 0 radical (unpaired) electrons. The van der Waals surface area contributed by atoms with E-state index in [0.29, 0.717) is 24.6 Å². The molecule has 0 spiro atoms. The van der Waals surface area contributed by atoms with E-state index in [1.807, 2.05) is 13.8 Å². The first-order valence-electron chi connectivity index (χ1n) is 9.13. The lowest BCUT2D eigenvalue weighted by Crippen LogP contribution is -2.52. The van der Waals surface area contributed by atoms with E-state index in [9.17, 15) is 13.2 Å². The van der Waals surface area contributed by atoms with Gasteiger partial charge in [0.05, 0.1) is 28.7 Å². The van der Waals surface area contributed by atoms with Gasteiger partial charge in [-0.3, -0.25) is 14.7 Å². The minimum Gasteiger partial charge on any atom is -0.306 e. The van der Waals surface area contributed by atoms with Gasteiger partial charge >= 0.3 is 0 Å². The number of sulfonamides is 1. The van der Waals surface area contributed by atoms with Gasteiger partial charge in [0.2, 0.25) is 16.0 Å². The Morgan fingerprint density at radius 3 is 2.65 bits per heavy atom. The number of amides is 1. The van der Waals surface area contributed by atoms with E-state index < -0.39 is 10.0 Å². The van der Waals surface area contributed by atoms with Gasteiger partial charge in [-0.25, -0.2) is 13.1 Å². The third kappa shape index (κ3) is 2.63. The highest BCUT2D eigenvalue weighted by Gasteiger charge is 2.43. The molecule has 26 heavy (non-hydrogen) atoms. The molecule has 1 amide bonds. The summed E-state index contributed by atoms with van der Waals surface area (Å²) < 4.78 is 28.2. The Morgan fingerprint density at radius 1 is 1.31 bits per heavy atom. The van der Waals surface area contributed by atoms with Crippen LogP contribution in [0.4, 0.5) is 5.69 Å². The molecule has 1 saturated carbocycles. The van der Waals surface area contributed by atoms with Gasteiger partial charge in [-0.2, -0.15) is 0 Å². The molecule has 1 aromatic rings. The molecule has 1 atom stereocenters. The quantitative estimate of drug-likeness (QED) is 0.851. The normalized spacial score (nSPS) is 23.6. The summed E-state index contributed by atoms with van der Waals surface area (Å²) in [5.74, 6) is 0.486. The van der Waals surface area contributed by atoms with Gasteiger partial charge in [-0.05, 0) is 51.3 Å². The summed E-state index contributed by atoms with van der Waals surface area (Å²) in [5.41, 5.74) is 0.824. The summed E-state index contributed by atoms with van der Waals surface area (Å²) in [5, 5.41) is 0. The molecule has 2 heterocycles. The van der Waals surface area contributed by atoms with E-state index in [-0.39, 0.29) is 22.4 Å². The van der Waals surface area contributed by atoms with Gasteiger partial charge in [0.15, 0.2) is 0 Å². The Bertz CT molecular complexity index is 905. The van der Waals surface area contributed by atoms with Crippen LogP contribution in [-0.4, -0.2) is 49.9 Å². The lowest BCUT2D eigenvalue weighted by Gasteiger charge is -2.38. The SMILES string of the molecule is CC[C@H]1CN=C2N(CC)C(=O)c3cc(S(=O)(=O)NC4(C)CC4)ccc3N21. The Hall–Kier alpha value is -1.93. The number of guanidine groups is 1. The smallest absolute Gasteiger partial charge is 0.262 e. The third-order valence-corrected chi connectivity index (χ3v) is 7.08. The summed E-state index contributed by atoms with van der Waals surface area (Å²) in [6, 6.07) is 5.03. The van der Waals surface area contributed by atoms with Crippen molar-refractivity contribution in [1.82, 2.24) is 9.62 Å². The predicted octanol–water partition coefficient (Wildman–Crippen LogP) is 1.95. The average Bonchev–Trinajstić information content (AvgIpc) is 3.17. The van der Waals surface area contributed by atoms with Gasteiger partial charge in [-0.15, -0.1) is 0 Å². The molecule has 1 aliphatic carbocycles. The highest BCUT2D eigenvalue weighted by molar-refractivity contribution is 7.89. The second-order valence-corrected chi connectivity index (χ2v) is 9.15. The van der Waals surface area contributed by atoms with Crippen LogP contribution in [0.5, 0.6) is 0 Å². The lowest BCUT2D eigenvalue weighted by molar-refractivity contribution is 0.0845. The molecule has 1 N–H and O–H groups in total. The standard InChI is InChI=1S/C18H24N4O3S/c1-4-12-11-19-17-21(5-2)16(23)14-10-13(6-7-15(14)22(12)17)26(24,25)20-18(3)8-9-18/h6-7,10,12,20H,4-5,8-9,11H2,1-3H3/t12-/m0/s1. The number of anilines is 1. The highest BCUT2D eigenvalue weighted by atomic mass is 32.2. The Labute approximate surface area is 154 Å². The fourth-order valence-corrected chi connectivity index (χ4v) is 5.09. The van der Waals surface area contributed by atoms with Crippen LogP contribution in [0.25, 0.3) is 0 Å². The fourth-order valence-electron chi connectivity index (χ4n) is 3.60. The van der Waals surface area contributed by atoms with Crippen LogP contribution in [0.2, 0.25) is 0 Å². The summed E-state index contributed by atoms with van der Waals surface area (Å²) in [7, 11) is -3.65. The molecule has 0 unspecified atom stereocenters. The van der Waals surface area contributed by atoms with Crippen LogP contribution in [0.3, 0.4) is 0 Å². The van der Waals surface area contributed by atoms with E-state index in [1.165, 1.54) is 6.07 Å². The van der Waals surface area contributed by atoms with Crippen molar-refractivity contribution in [3.63, 3.8) is 0 Å². The summed E-state index contributed by atoms with van der Waals surface area (Å²) >= 11 is 0. The Morgan fingerprint density at radius 2 is 2.04 bits per heavy atom. The topological polar surface area (TPSA) is 82.1 Å². The van der Waals surface area contributed by atoms with Gasteiger partial charge in [-0.1, -0.05) is 6.92 Å². The minimum absolute atomic E-state index is 0.140. The molecule has 0 bridgehead atoms. The first-order chi connectivity index (χ1) is 12.3. The Kier molecular flexibility index (Phi) is 3.89. The van der Waals surface area contributed by atoms with Crippen molar-refractivity contribution >= 4 is 27.6 Å². The van der Waals surface area contributed by atoms with E-state index >= 15 is 0 Å². The third-order valence-electron chi connectivity index (χ3n) is 5.45. The number of rotatable bonds is 5. The number of nitrogens with one attached hydrogen (secondary N) is 1. The van der Waals surface area contributed by atoms with Crippen LogP contribution < -0.4 is 9.62 Å². The van der Waals surface area contributed by atoms with Crippen LogP contribution in [-0.2, 0) is 10.0 Å². The van der Waals surface area contributed by atoms with Gasteiger partial charge in [0.1, 0.15) is 0 Å². The molecule has 1 fully saturated rings. The van der Waals surface area contributed by atoms with E-state index in [4.69, 9.17) is 0 Å². The molecule has 7 nitrogen and oxygen atoms in total. The second-order valence-electron chi connectivity index (χ2n) is 7.47. The van der Waals surface area contributed by atoms with E-state index in [0.717, 1.165) is 24.9 Å². The molecular weight excluding hydrogens is 352 g/mol. The van der Waals surface area contributed by atoms with Crippen LogP contribution >= 0.6 is 0 Å². The van der Waals surface area contributed by atoms with Gasteiger partial charge in [0, 0.05) is 12.1 Å². The van der Waals surface area contributed by atoms with Crippen molar-refractivity contribution in [2.75, 3.05) is 18.0 Å². The highest BCUT2D eigenvalue weighted by Crippen LogP contribution is 2.38. The van der Waals surface area contributed by atoms with E-state index in [2.05, 4.69) is 21.5 Å². The molecular formula is C18H24N4O3S. The number of carbonyl (C=O) groups excluding carboxylic acids is 1. The zero-order valence-electron chi connectivity index (χ0n) is 15.3. The fraction of sp³-hybridized carbons (Fsp3) is 0.556. The number of fused-ring (bicyclic) bond motifs is 3. The van der Waals surface area contributed by atoms with Crippen molar-refractivity contribution in [2.45, 2.75) is 56.5 Å². The lowest BCUT2D eigenvalue weighted by atomic mass is 10.1. The van der Waals surface area contributed by atoms with Crippen LogP contribution in [0.15, 0.2) is 28.1 Å². The van der Waals surface area contributed by atoms with Crippen molar-refractivity contribution in [2.24, 2.45) is 4.99 Å². The van der Waals surface area contributed by atoms with Crippen molar-refractivity contribution in [1.29, 1.82) is 0 Å². The number of hydrogen-bond acceptors (Lipinski definition) is 5. The molecule has 1 aromatic carbocycles. The summed E-state index contributed by atoms with van der Waals surface area (Å²) in [6.07, 6.45) is 2.58. The number of benzene rings is 1. The molecule has 4 rings (SSSR count). The Balaban J connectivity index is 1.78. The van der Waals surface area contributed by atoms with Crippen LogP contribution in [0, 0.1) is 0 Å². The second kappa shape index (κ2) is 5.79. The minimum atomic E-state index is -3.65. The molecule has 0 aromatic heterocycles. The number of hydrogen-bond donors (Lipinski definition) is 1. The number of carbonyl (C=O) groups is 1. The molecule has 2 aliphatic heterocycles. The van der Waals surface area contributed by atoms with Gasteiger partial charge in [0.25, 0.3) is 5.91 Å². The first kappa shape index (κ1) is 17.5. The maximum atomic E-state index is 13.0. The van der Waals surface area contributed by atoms with Crippen molar-refractivity contribution in [3.05, 3.63) is 23.8 Å². The summed E-state index contributed by atoms with van der Waals surface area (Å²) in [6.45, 7) is 7.03. The van der Waals surface area contributed by atoms with Crippen molar-refractivity contribution in [3.8, 4) is 0 Å². The zero-order chi connectivity index (χ0) is 18.7. The average molecular weight is 376 g/mol. The van der Waals surface area contributed by atoms with Crippen LogP contribution in [0.1, 0.15) is 50.4 Å². The van der Waals surface area contributed by atoms with Gasteiger partial charge < -0.3 is 4.90 Å². The number of aliphatic imine (C=N–C) groups is 1.